The van der Waals surface area contributed by atoms with Crippen LogP contribution >= 0.6 is 22.9 Å². The number of aromatic nitrogens is 3. The summed E-state index contributed by atoms with van der Waals surface area (Å²) in [4.78, 5) is 60.6. The highest BCUT2D eigenvalue weighted by Crippen LogP contribution is 2.28. The lowest BCUT2D eigenvalue weighted by atomic mass is 9.81. The van der Waals surface area contributed by atoms with Gasteiger partial charge in [0.2, 0.25) is 5.91 Å². The van der Waals surface area contributed by atoms with Gasteiger partial charge in [0.25, 0.3) is 5.91 Å². The summed E-state index contributed by atoms with van der Waals surface area (Å²) in [5.41, 5.74) is 0.717. The summed E-state index contributed by atoms with van der Waals surface area (Å²) in [6, 6.07) is 1.90. The number of hydrogen-bond acceptors (Lipinski definition) is 7. The summed E-state index contributed by atoms with van der Waals surface area (Å²) in [7, 11) is 5.24. The van der Waals surface area contributed by atoms with Gasteiger partial charge in [-0.3, -0.25) is 19.2 Å². The van der Waals surface area contributed by atoms with E-state index in [0.29, 0.717) is 34.8 Å². The Hall–Kier alpha value is -3.51. The van der Waals surface area contributed by atoms with Crippen LogP contribution in [-0.2, 0) is 21.4 Å². The molecule has 0 bridgehead atoms. The van der Waals surface area contributed by atoms with Crippen molar-refractivity contribution in [2.75, 3.05) is 19.4 Å². The van der Waals surface area contributed by atoms with Crippen LogP contribution in [0.15, 0.2) is 30.7 Å². The zero-order chi connectivity index (χ0) is 26.0. The van der Waals surface area contributed by atoms with Gasteiger partial charge in [0.15, 0.2) is 5.01 Å². The SMILES string of the molecule is CN(C)C(=O)[C@H]1CC[C@@H](NC(=O)C(=O)Nc2ccc(Cl)cn2)[C@H](NC(=O)c2nc3cn(C)cc3s2)C1. The number of carbonyl (C=O) groups excluding carboxylic acids is 4. The number of rotatable bonds is 5. The predicted molar refractivity (Wildman–Crippen MR) is 136 cm³/mol. The van der Waals surface area contributed by atoms with Crippen molar-refractivity contribution in [1.82, 2.24) is 30.1 Å². The maximum absolute atomic E-state index is 13.0. The van der Waals surface area contributed by atoms with Crippen LogP contribution in [0.4, 0.5) is 5.82 Å². The first-order chi connectivity index (χ1) is 17.1. The number of aryl methyl sites for hydroxylation is 1. The molecule has 11 nitrogen and oxygen atoms in total. The monoisotopic (exact) mass is 531 g/mol. The molecule has 13 heteroatoms. The van der Waals surface area contributed by atoms with Crippen LogP contribution in [0.3, 0.4) is 0 Å². The first kappa shape index (κ1) is 25.6. The van der Waals surface area contributed by atoms with Gasteiger partial charge in [-0.25, -0.2) is 9.97 Å². The number of hydrogen-bond donors (Lipinski definition) is 3. The summed E-state index contributed by atoms with van der Waals surface area (Å²) in [6.45, 7) is 0. The fourth-order valence-corrected chi connectivity index (χ4v) is 5.26. The van der Waals surface area contributed by atoms with Gasteiger partial charge in [0.05, 0.1) is 21.3 Å². The van der Waals surface area contributed by atoms with Crippen molar-refractivity contribution in [2.45, 2.75) is 31.3 Å². The van der Waals surface area contributed by atoms with E-state index in [4.69, 9.17) is 11.6 Å². The molecule has 190 valence electrons. The van der Waals surface area contributed by atoms with Gasteiger partial charge < -0.3 is 25.4 Å². The van der Waals surface area contributed by atoms with Crippen LogP contribution in [0.2, 0.25) is 5.02 Å². The number of nitrogens with zero attached hydrogens (tertiary/aromatic N) is 4. The summed E-state index contributed by atoms with van der Waals surface area (Å²) < 4.78 is 2.74. The topological polar surface area (TPSA) is 138 Å². The molecule has 4 rings (SSSR count). The second-order valence-corrected chi connectivity index (χ2v) is 10.4. The number of anilines is 1. The molecule has 3 N–H and O–H groups in total. The fourth-order valence-electron chi connectivity index (χ4n) is 4.22. The van der Waals surface area contributed by atoms with E-state index in [1.165, 1.54) is 28.5 Å². The number of thiazole rings is 1. The van der Waals surface area contributed by atoms with Crippen molar-refractivity contribution in [3.8, 4) is 0 Å². The van der Waals surface area contributed by atoms with Crippen LogP contribution in [0.25, 0.3) is 10.2 Å². The highest BCUT2D eigenvalue weighted by Gasteiger charge is 2.37. The molecule has 0 unspecified atom stereocenters. The predicted octanol–water partition coefficient (Wildman–Crippen LogP) is 1.79. The van der Waals surface area contributed by atoms with Gasteiger partial charge in [0, 0.05) is 51.7 Å². The van der Waals surface area contributed by atoms with Crippen LogP contribution in [0.1, 0.15) is 29.1 Å². The molecule has 0 aromatic carbocycles. The fraction of sp³-hybridized carbons (Fsp3) is 0.391. The summed E-state index contributed by atoms with van der Waals surface area (Å²) >= 11 is 7.06. The minimum atomic E-state index is -0.895. The van der Waals surface area contributed by atoms with Gasteiger partial charge in [-0.1, -0.05) is 11.6 Å². The third-order valence-corrected chi connectivity index (χ3v) is 7.20. The minimum Gasteiger partial charge on any atom is -0.354 e. The lowest BCUT2D eigenvalue weighted by molar-refractivity contribution is -0.137. The highest BCUT2D eigenvalue weighted by atomic mass is 35.5. The van der Waals surface area contributed by atoms with Crippen LogP contribution < -0.4 is 16.0 Å². The molecule has 0 radical (unpaired) electrons. The molecule has 3 atom stereocenters. The van der Waals surface area contributed by atoms with Crippen LogP contribution in [0.5, 0.6) is 0 Å². The van der Waals surface area contributed by atoms with Crippen LogP contribution in [0, 0.1) is 5.92 Å². The summed E-state index contributed by atoms with van der Waals surface area (Å²) in [5, 5.41) is 8.75. The molecular formula is C23H26ClN7O4S. The zero-order valence-electron chi connectivity index (χ0n) is 19.9. The van der Waals surface area contributed by atoms with Crippen molar-refractivity contribution in [3.63, 3.8) is 0 Å². The van der Waals surface area contributed by atoms with Crippen molar-refractivity contribution in [3.05, 3.63) is 40.8 Å². The molecule has 1 aliphatic carbocycles. The Morgan fingerprint density at radius 2 is 1.86 bits per heavy atom. The average Bonchev–Trinajstić information content (AvgIpc) is 3.38. The number of carbonyl (C=O) groups is 4. The minimum absolute atomic E-state index is 0.0500. The first-order valence-electron chi connectivity index (χ1n) is 11.3. The van der Waals surface area contributed by atoms with Gasteiger partial charge in [-0.2, -0.15) is 0 Å². The van der Waals surface area contributed by atoms with E-state index in [1.807, 2.05) is 24.0 Å². The molecule has 0 aliphatic heterocycles. The van der Waals surface area contributed by atoms with Gasteiger partial charge in [-0.15, -0.1) is 11.3 Å². The van der Waals surface area contributed by atoms with E-state index in [-0.39, 0.29) is 17.6 Å². The van der Waals surface area contributed by atoms with E-state index < -0.39 is 29.8 Å². The Balaban J connectivity index is 1.46. The van der Waals surface area contributed by atoms with E-state index in [1.54, 1.807) is 20.2 Å². The molecule has 1 aliphatic rings. The van der Waals surface area contributed by atoms with E-state index in [0.717, 1.165) is 4.70 Å². The second-order valence-electron chi connectivity index (χ2n) is 8.91. The number of nitrogens with one attached hydrogen (secondary N) is 3. The first-order valence-corrected chi connectivity index (χ1v) is 12.5. The smallest absolute Gasteiger partial charge is 0.314 e. The number of pyridine rings is 1. The quantitative estimate of drug-likeness (QED) is 0.429. The van der Waals surface area contributed by atoms with Crippen LogP contribution in [-0.4, -0.2) is 69.2 Å². The van der Waals surface area contributed by atoms with Gasteiger partial charge in [0.1, 0.15) is 5.82 Å². The number of halogens is 1. The molecular weight excluding hydrogens is 506 g/mol. The number of fused-ring (bicyclic) bond motifs is 1. The van der Waals surface area contributed by atoms with Crippen molar-refractivity contribution >= 4 is 62.6 Å². The van der Waals surface area contributed by atoms with Gasteiger partial charge >= 0.3 is 11.8 Å². The molecule has 1 fully saturated rings. The van der Waals surface area contributed by atoms with Gasteiger partial charge in [-0.05, 0) is 31.4 Å². The number of amides is 4. The van der Waals surface area contributed by atoms with E-state index >= 15 is 0 Å². The maximum Gasteiger partial charge on any atom is 0.314 e. The molecule has 1 saturated carbocycles. The van der Waals surface area contributed by atoms with Crippen molar-refractivity contribution < 1.29 is 19.2 Å². The normalized spacial score (nSPS) is 19.5. The molecule has 36 heavy (non-hydrogen) atoms. The molecule has 3 heterocycles. The Kier molecular flexibility index (Phi) is 7.55. The summed E-state index contributed by atoms with van der Waals surface area (Å²) in [5.74, 6) is -2.34. The van der Waals surface area contributed by atoms with Crippen molar-refractivity contribution in [1.29, 1.82) is 0 Å². The lowest BCUT2D eigenvalue weighted by Gasteiger charge is -2.37. The van der Waals surface area contributed by atoms with E-state index in [9.17, 15) is 19.2 Å². The molecule has 3 aromatic heterocycles. The largest absolute Gasteiger partial charge is 0.354 e. The maximum atomic E-state index is 13.0. The Labute approximate surface area is 216 Å². The second kappa shape index (κ2) is 10.6. The third kappa shape index (κ3) is 5.82. The molecule has 0 saturated heterocycles. The average molecular weight is 532 g/mol. The Morgan fingerprint density at radius 1 is 1.08 bits per heavy atom. The molecule has 4 amide bonds. The molecule has 0 spiro atoms. The Morgan fingerprint density at radius 3 is 2.53 bits per heavy atom. The van der Waals surface area contributed by atoms with Crippen molar-refractivity contribution in [2.24, 2.45) is 13.0 Å². The third-order valence-electron chi connectivity index (χ3n) is 5.97. The highest BCUT2D eigenvalue weighted by molar-refractivity contribution is 7.20. The lowest BCUT2D eigenvalue weighted by Crippen LogP contribution is -2.57. The molecule has 3 aromatic rings. The zero-order valence-corrected chi connectivity index (χ0v) is 21.5. The summed E-state index contributed by atoms with van der Waals surface area (Å²) in [6.07, 6.45) is 6.30. The van der Waals surface area contributed by atoms with E-state index in [2.05, 4.69) is 25.9 Å². The standard InChI is InChI=1S/C23H26ClN7O4S/c1-30(2)23(35)12-4-6-14(26-19(32)20(33)29-18-7-5-13(24)9-25-18)15(8-12)27-21(34)22-28-16-10-31(3)11-17(16)36-22/h5,7,9-12,14-15H,4,6,8H2,1-3H3,(H,26,32)(H,27,34)(H,25,29,33)/t12-,14+,15+/m0/s1. The Bertz CT molecular complexity index is 1270.